The molecule has 8 atom stereocenters. The Bertz CT molecular complexity index is 455. The van der Waals surface area contributed by atoms with Gasteiger partial charge in [-0.1, -0.05) is 6.92 Å². The molecule has 0 aromatic rings. The summed E-state index contributed by atoms with van der Waals surface area (Å²) in [4.78, 5) is 0. The summed E-state index contributed by atoms with van der Waals surface area (Å²) in [6.45, 7) is 2.37. The molecular formula is C19H29NO. The largest absolute Gasteiger partial charge is 0.393 e. The number of fused-ring (bicyclic) bond motifs is 5. The van der Waals surface area contributed by atoms with E-state index in [1.807, 2.05) is 0 Å². The Balaban J connectivity index is 1.54. The van der Waals surface area contributed by atoms with Gasteiger partial charge in [0.1, 0.15) is 0 Å². The molecule has 0 saturated heterocycles. The highest BCUT2D eigenvalue weighted by atomic mass is 16.3. The van der Waals surface area contributed by atoms with Gasteiger partial charge in [0.2, 0.25) is 0 Å². The molecule has 0 amide bonds. The van der Waals surface area contributed by atoms with Gasteiger partial charge in [-0.05, 0) is 92.8 Å². The standard InChI is InChI=1S/C19H29NO/c1-19-9-8-15-14-4-2-12(11-20)10-13(14)3-5-16(15)17(19)6-7-18(19)21/h12-18,21H,2-10H2,1H3/t12-,13-,14-,15-,16-,17+,18-,19-/m1/s1. The van der Waals surface area contributed by atoms with E-state index < -0.39 is 0 Å². The van der Waals surface area contributed by atoms with Gasteiger partial charge in [-0.25, -0.2) is 0 Å². The normalized spacial score (nSPS) is 56.0. The van der Waals surface area contributed by atoms with Crippen LogP contribution in [0.3, 0.4) is 0 Å². The van der Waals surface area contributed by atoms with Crippen molar-refractivity contribution in [2.24, 2.45) is 40.9 Å². The summed E-state index contributed by atoms with van der Waals surface area (Å²) in [5.41, 5.74) is 0.220. The molecule has 116 valence electrons. The molecule has 0 unspecified atom stereocenters. The van der Waals surface area contributed by atoms with E-state index in [4.69, 9.17) is 0 Å². The van der Waals surface area contributed by atoms with Crippen molar-refractivity contribution >= 4 is 0 Å². The monoisotopic (exact) mass is 287 g/mol. The van der Waals surface area contributed by atoms with Gasteiger partial charge in [-0.15, -0.1) is 0 Å². The molecule has 1 N–H and O–H groups in total. The van der Waals surface area contributed by atoms with Crippen LogP contribution in [0.5, 0.6) is 0 Å². The van der Waals surface area contributed by atoms with E-state index >= 15 is 0 Å². The number of nitrogens with zero attached hydrogens (tertiary/aromatic N) is 1. The van der Waals surface area contributed by atoms with Crippen LogP contribution >= 0.6 is 0 Å². The van der Waals surface area contributed by atoms with E-state index in [1.165, 1.54) is 44.9 Å². The minimum atomic E-state index is -0.0458. The van der Waals surface area contributed by atoms with Gasteiger partial charge in [0.15, 0.2) is 0 Å². The first-order chi connectivity index (χ1) is 10.1. The number of nitriles is 1. The Hall–Kier alpha value is -0.550. The zero-order valence-corrected chi connectivity index (χ0v) is 13.3. The topological polar surface area (TPSA) is 44.0 Å². The third-order valence-electron chi connectivity index (χ3n) is 8.09. The van der Waals surface area contributed by atoms with E-state index in [0.29, 0.717) is 5.92 Å². The van der Waals surface area contributed by atoms with Gasteiger partial charge in [-0.3, -0.25) is 0 Å². The fourth-order valence-electron chi connectivity index (χ4n) is 6.94. The Labute approximate surface area is 128 Å². The first-order valence-electron chi connectivity index (χ1n) is 9.21. The highest BCUT2D eigenvalue weighted by molar-refractivity contribution is 5.06. The number of hydrogen-bond donors (Lipinski definition) is 1. The molecular weight excluding hydrogens is 258 g/mol. The summed E-state index contributed by atoms with van der Waals surface area (Å²) in [6, 6.07) is 2.52. The summed E-state index contributed by atoms with van der Waals surface area (Å²) in [7, 11) is 0. The van der Waals surface area contributed by atoms with Gasteiger partial charge in [0, 0.05) is 5.92 Å². The molecule has 2 nitrogen and oxygen atoms in total. The van der Waals surface area contributed by atoms with Crippen LogP contribution in [-0.2, 0) is 0 Å². The third kappa shape index (κ3) is 2.00. The van der Waals surface area contributed by atoms with Crippen molar-refractivity contribution in [1.29, 1.82) is 5.26 Å². The molecule has 4 rings (SSSR count). The van der Waals surface area contributed by atoms with E-state index in [0.717, 1.165) is 42.4 Å². The van der Waals surface area contributed by atoms with Gasteiger partial charge in [-0.2, -0.15) is 5.26 Å². The van der Waals surface area contributed by atoms with Crippen molar-refractivity contribution in [2.45, 2.75) is 70.8 Å². The van der Waals surface area contributed by atoms with Crippen LogP contribution in [0.1, 0.15) is 64.7 Å². The molecule has 21 heavy (non-hydrogen) atoms. The Morgan fingerprint density at radius 2 is 1.76 bits per heavy atom. The minimum Gasteiger partial charge on any atom is -0.393 e. The van der Waals surface area contributed by atoms with Crippen LogP contribution in [-0.4, -0.2) is 11.2 Å². The summed E-state index contributed by atoms with van der Waals surface area (Å²) in [6.07, 6.45) is 11.2. The van der Waals surface area contributed by atoms with E-state index in [-0.39, 0.29) is 11.5 Å². The summed E-state index contributed by atoms with van der Waals surface area (Å²) < 4.78 is 0. The second kappa shape index (κ2) is 4.98. The number of rotatable bonds is 0. The molecule has 0 heterocycles. The SMILES string of the molecule is C[C@@]12CC[C@@H]3[C@@H]4CC[C@@H](C#N)C[C@H]4CC[C@H]3[C@@H]1CC[C@H]2O. The van der Waals surface area contributed by atoms with Crippen molar-refractivity contribution in [3.05, 3.63) is 0 Å². The summed E-state index contributed by atoms with van der Waals surface area (Å²) >= 11 is 0. The molecule has 4 fully saturated rings. The zero-order chi connectivity index (χ0) is 14.6. The van der Waals surface area contributed by atoms with Crippen LogP contribution in [0.25, 0.3) is 0 Å². The maximum absolute atomic E-state index is 10.4. The average molecular weight is 287 g/mol. The van der Waals surface area contributed by atoms with Gasteiger partial charge in [0.05, 0.1) is 12.2 Å². The van der Waals surface area contributed by atoms with Crippen LogP contribution in [0.4, 0.5) is 0 Å². The van der Waals surface area contributed by atoms with Gasteiger partial charge < -0.3 is 5.11 Å². The molecule has 4 saturated carbocycles. The molecule has 0 aromatic heterocycles. The molecule has 4 aliphatic carbocycles. The predicted octanol–water partition coefficient (Wildman–Crippen LogP) is 4.14. The van der Waals surface area contributed by atoms with Crippen LogP contribution in [0.15, 0.2) is 0 Å². The molecule has 4 aliphatic rings. The Morgan fingerprint density at radius 3 is 2.57 bits per heavy atom. The maximum atomic E-state index is 10.4. The lowest BCUT2D eigenvalue weighted by molar-refractivity contribution is -0.0833. The van der Waals surface area contributed by atoms with E-state index in [1.54, 1.807) is 0 Å². The van der Waals surface area contributed by atoms with E-state index in [2.05, 4.69) is 13.0 Å². The lowest BCUT2D eigenvalue weighted by atomic mass is 9.50. The lowest BCUT2D eigenvalue weighted by Crippen LogP contribution is -2.49. The maximum Gasteiger partial charge on any atom is 0.0655 e. The summed E-state index contributed by atoms with van der Waals surface area (Å²) in [5.74, 6) is 4.63. The van der Waals surface area contributed by atoms with Crippen molar-refractivity contribution in [3.8, 4) is 6.07 Å². The smallest absolute Gasteiger partial charge is 0.0655 e. The minimum absolute atomic E-state index is 0.0458. The van der Waals surface area contributed by atoms with Crippen molar-refractivity contribution in [2.75, 3.05) is 0 Å². The van der Waals surface area contributed by atoms with Crippen molar-refractivity contribution in [3.63, 3.8) is 0 Å². The van der Waals surface area contributed by atoms with Crippen molar-refractivity contribution in [1.82, 2.24) is 0 Å². The number of aliphatic hydroxyl groups excluding tert-OH is 1. The van der Waals surface area contributed by atoms with Crippen LogP contribution in [0, 0.1) is 52.3 Å². The molecule has 0 spiro atoms. The second-order valence-electron chi connectivity index (χ2n) is 8.71. The molecule has 2 heteroatoms. The lowest BCUT2D eigenvalue weighted by Gasteiger charge is -2.55. The first-order valence-corrected chi connectivity index (χ1v) is 9.21. The van der Waals surface area contributed by atoms with Gasteiger partial charge in [0.25, 0.3) is 0 Å². The fourth-order valence-corrected chi connectivity index (χ4v) is 6.94. The predicted molar refractivity (Wildman–Crippen MR) is 82.2 cm³/mol. The quantitative estimate of drug-likeness (QED) is 0.727. The number of aliphatic hydroxyl groups is 1. The van der Waals surface area contributed by atoms with Crippen LogP contribution < -0.4 is 0 Å². The van der Waals surface area contributed by atoms with E-state index in [9.17, 15) is 10.4 Å². The zero-order valence-electron chi connectivity index (χ0n) is 13.3. The fraction of sp³-hybridized carbons (Fsp3) is 0.947. The van der Waals surface area contributed by atoms with Crippen LogP contribution in [0.2, 0.25) is 0 Å². The molecule has 0 radical (unpaired) electrons. The average Bonchev–Trinajstić information content (AvgIpc) is 2.82. The highest BCUT2D eigenvalue weighted by Gasteiger charge is 2.56. The Morgan fingerprint density at radius 1 is 0.952 bits per heavy atom. The summed E-state index contributed by atoms with van der Waals surface area (Å²) in [5, 5.41) is 19.7. The van der Waals surface area contributed by atoms with Crippen molar-refractivity contribution < 1.29 is 5.11 Å². The van der Waals surface area contributed by atoms with Gasteiger partial charge >= 0.3 is 0 Å². The third-order valence-corrected chi connectivity index (χ3v) is 8.09. The molecule has 0 aromatic carbocycles. The second-order valence-corrected chi connectivity index (χ2v) is 8.71. The first kappa shape index (κ1) is 14.1. The Kier molecular flexibility index (Phi) is 3.34. The highest BCUT2D eigenvalue weighted by Crippen LogP contribution is 2.62. The molecule has 0 aliphatic heterocycles. The number of hydrogen-bond acceptors (Lipinski definition) is 2. The molecule has 0 bridgehead atoms.